The Bertz CT molecular complexity index is 364. The molecule has 2 atom stereocenters. The van der Waals surface area contributed by atoms with Crippen molar-refractivity contribution in [2.75, 3.05) is 11.0 Å². The fraction of sp³-hybridized carbons (Fsp3) is 0.625. The van der Waals surface area contributed by atoms with Crippen molar-refractivity contribution in [1.82, 2.24) is 5.32 Å². The van der Waals surface area contributed by atoms with Crippen molar-refractivity contribution >= 4 is 17.6 Å². The van der Waals surface area contributed by atoms with Crippen LogP contribution in [0.4, 0.5) is 5.69 Å². The summed E-state index contributed by atoms with van der Waals surface area (Å²) in [6.07, 6.45) is 9.96. The van der Waals surface area contributed by atoms with E-state index in [-0.39, 0.29) is 0 Å². The zero-order chi connectivity index (χ0) is 13.5. The van der Waals surface area contributed by atoms with E-state index in [1.807, 2.05) is 6.26 Å². The van der Waals surface area contributed by atoms with Crippen molar-refractivity contribution in [2.45, 2.75) is 57.5 Å². The number of aryl methyl sites for hydroxylation is 1. The predicted octanol–water partition coefficient (Wildman–Crippen LogP) is 4.23. The van der Waals surface area contributed by atoms with Crippen molar-refractivity contribution in [3.05, 3.63) is 29.8 Å². The maximum absolute atomic E-state index is 3.72. The first-order chi connectivity index (χ1) is 9.28. The van der Waals surface area contributed by atoms with Gasteiger partial charge in [0.25, 0.3) is 0 Å². The highest BCUT2D eigenvalue weighted by atomic mass is 32.2. The lowest BCUT2D eigenvalue weighted by molar-refractivity contribution is 0.317. The van der Waals surface area contributed by atoms with Crippen LogP contribution in [0, 0.1) is 0 Å². The molecule has 1 aromatic rings. The summed E-state index contributed by atoms with van der Waals surface area (Å²) in [5.74, 6) is 0. The molecular weight excluding hydrogens is 252 g/mol. The second-order valence-electron chi connectivity index (χ2n) is 5.59. The van der Waals surface area contributed by atoms with Crippen LogP contribution in [0.3, 0.4) is 0 Å². The molecule has 1 aliphatic rings. The Kier molecular flexibility index (Phi) is 6.05. The predicted molar refractivity (Wildman–Crippen MR) is 86.8 cm³/mol. The summed E-state index contributed by atoms with van der Waals surface area (Å²) in [7, 11) is 0. The number of hydrogen-bond acceptors (Lipinski definition) is 3. The van der Waals surface area contributed by atoms with E-state index in [9.17, 15) is 0 Å². The number of nitrogens with one attached hydrogen (secondary N) is 2. The van der Waals surface area contributed by atoms with Gasteiger partial charge in [-0.2, -0.15) is 0 Å². The molecule has 0 amide bonds. The molecule has 0 radical (unpaired) electrons. The number of piperidine rings is 1. The van der Waals surface area contributed by atoms with Gasteiger partial charge in [0.15, 0.2) is 0 Å². The number of anilines is 1. The Hall–Kier alpha value is -0.670. The molecule has 19 heavy (non-hydrogen) atoms. The second-order valence-corrected chi connectivity index (χ2v) is 6.20. The van der Waals surface area contributed by atoms with E-state index in [0.717, 1.165) is 12.1 Å². The van der Waals surface area contributed by atoms with Crippen molar-refractivity contribution in [3.63, 3.8) is 0 Å². The van der Waals surface area contributed by atoms with Gasteiger partial charge >= 0.3 is 0 Å². The first-order valence-electron chi connectivity index (χ1n) is 7.42. The molecule has 0 bridgehead atoms. The molecule has 2 rings (SSSR count). The Balaban J connectivity index is 1.70. The van der Waals surface area contributed by atoms with E-state index in [2.05, 4.69) is 41.2 Å². The molecule has 1 aromatic carbocycles. The molecule has 1 heterocycles. The van der Waals surface area contributed by atoms with Crippen LogP contribution in [0.15, 0.2) is 24.3 Å². The first-order valence-corrected chi connectivity index (χ1v) is 8.64. The van der Waals surface area contributed by atoms with Gasteiger partial charge in [0, 0.05) is 24.0 Å². The molecule has 2 N–H and O–H groups in total. The second kappa shape index (κ2) is 7.81. The zero-order valence-electron chi connectivity index (χ0n) is 12.1. The van der Waals surface area contributed by atoms with E-state index in [1.165, 1.54) is 49.8 Å². The minimum atomic E-state index is 0.718. The standard InChI is InChI=1S/C16H26N2S/c1-13-5-3-7-15(17-13)8-4-6-14-9-11-16(12-10-14)18-19-2/h9-13,15,17-18H,3-8H2,1-2H3. The molecule has 2 nitrogen and oxygen atoms in total. The van der Waals surface area contributed by atoms with Crippen LogP contribution in [0.1, 0.15) is 44.6 Å². The molecule has 0 saturated carbocycles. The fourth-order valence-corrected chi connectivity index (χ4v) is 3.25. The highest BCUT2D eigenvalue weighted by Gasteiger charge is 2.16. The summed E-state index contributed by atoms with van der Waals surface area (Å²) < 4.78 is 3.25. The molecule has 106 valence electrons. The van der Waals surface area contributed by atoms with Gasteiger partial charge in [-0.05, 0) is 56.7 Å². The molecule has 0 aliphatic carbocycles. The third-order valence-corrected chi connectivity index (χ3v) is 4.34. The van der Waals surface area contributed by atoms with E-state index in [1.54, 1.807) is 11.9 Å². The monoisotopic (exact) mass is 278 g/mol. The van der Waals surface area contributed by atoms with Crippen molar-refractivity contribution in [1.29, 1.82) is 0 Å². The summed E-state index contributed by atoms with van der Waals surface area (Å²) in [5.41, 5.74) is 2.65. The van der Waals surface area contributed by atoms with Gasteiger partial charge in [0.1, 0.15) is 0 Å². The van der Waals surface area contributed by atoms with Gasteiger partial charge in [-0.1, -0.05) is 30.5 Å². The van der Waals surface area contributed by atoms with Crippen LogP contribution in [0.5, 0.6) is 0 Å². The van der Waals surface area contributed by atoms with Gasteiger partial charge < -0.3 is 10.0 Å². The van der Waals surface area contributed by atoms with Crippen molar-refractivity contribution in [2.24, 2.45) is 0 Å². The van der Waals surface area contributed by atoms with E-state index < -0.39 is 0 Å². The highest BCUT2D eigenvalue weighted by molar-refractivity contribution is 7.99. The Morgan fingerprint density at radius 3 is 2.74 bits per heavy atom. The van der Waals surface area contributed by atoms with E-state index in [0.29, 0.717) is 0 Å². The summed E-state index contributed by atoms with van der Waals surface area (Å²) >= 11 is 1.64. The third kappa shape index (κ3) is 5.07. The lowest BCUT2D eigenvalue weighted by atomic mass is 9.95. The average Bonchev–Trinajstić information content (AvgIpc) is 2.41. The lowest BCUT2D eigenvalue weighted by Gasteiger charge is -2.28. The molecule has 1 fully saturated rings. The van der Waals surface area contributed by atoms with Crippen LogP contribution in [0.25, 0.3) is 0 Å². The van der Waals surface area contributed by atoms with E-state index >= 15 is 0 Å². The van der Waals surface area contributed by atoms with Gasteiger partial charge in [-0.25, -0.2) is 0 Å². The molecule has 0 spiro atoms. The largest absolute Gasteiger partial charge is 0.330 e. The summed E-state index contributed by atoms with van der Waals surface area (Å²) in [6.45, 7) is 2.31. The Labute approximate surface area is 121 Å². The summed E-state index contributed by atoms with van der Waals surface area (Å²) in [5, 5.41) is 3.72. The Morgan fingerprint density at radius 2 is 2.05 bits per heavy atom. The molecule has 2 unspecified atom stereocenters. The van der Waals surface area contributed by atoms with Gasteiger partial charge in [0.2, 0.25) is 0 Å². The average molecular weight is 278 g/mol. The summed E-state index contributed by atoms with van der Waals surface area (Å²) in [6, 6.07) is 10.3. The lowest BCUT2D eigenvalue weighted by Crippen LogP contribution is -2.40. The van der Waals surface area contributed by atoms with Gasteiger partial charge in [-0.3, -0.25) is 0 Å². The van der Waals surface area contributed by atoms with Crippen LogP contribution in [-0.2, 0) is 6.42 Å². The smallest absolute Gasteiger partial charge is 0.0440 e. The minimum absolute atomic E-state index is 0.718. The fourth-order valence-electron chi connectivity index (χ4n) is 2.88. The number of rotatable bonds is 6. The zero-order valence-corrected chi connectivity index (χ0v) is 12.9. The third-order valence-electron chi connectivity index (χ3n) is 3.90. The number of benzene rings is 1. The van der Waals surface area contributed by atoms with Crippen LogP contribution in [-0.4, -0.2) is 18.3 Å². The van der Waals surface area contributed by atoms with Crippen LogP contribution >= 0.6 is 11.9 Å². The minimum Gasteiger partial charge on any atom is -0.330 e. The van der Waals surface area contributed by atoms with Crippen LogP contribution < -0.4 is 10.0 Å². The quantitative estimate of drug-likeness (QED) is 0.762. The van der Waals surface area contributed by atoms with Crippen molar-refractivity contribution < 1.29 is 0 Å². The molecular formula is C16H26N2S. The summed E-state index contributed by atoms with van der Waals surface area (Å²) in [4.78, 5) is 0. The molecule has 1 aliphatic heterocycles. The van der Waals surface area contributed by atoms with Crippen molar-refractivity contribution in [3.8, 4) is 0 Å². The van der Waals surface area contributed by atoms with Gasteiger partial charge in [-0.15, -0.1) is 0 Å². The topological polar surface area (TPSA) is 24.1 Å². The SMILES string of the molecule is CSNc1ccc(CCCC2CCCC(C)N2)cc1. The molecule has 1 saturated heterocycles. The Morgan fingerprint density at radius 1 is 1.26 bits per heavy atom. The van der Waals surface area contributed by atoms with E-state index in [4.69, 9.17) is 0 Å². The number of hydrogen-bond donors (Lipinski definition) is 2. The molecule has 3 heteroatoms. The first kappa shape index (κ1) is 14.7. The normalized spacial score (nSPS) is 23.3. The van der Waals surface area contributed by atoms with Crippen LogP contribution in [0.2, 0.25) is 0 Å². The van der Waals surface area contributed by atoms with Gasteiger partial charge in [0.05, 0.1) is 0 Å². The molecule has 0 aromatic heterocycles. The highest BCUT2D eigenvalue weighted by Crippen LogP contribution is 2.18. The maximum Gasteiger partial charge on any atom is 0.0440 e. The maximum atomic E-state index is 3.72.